The molecule has 8 heteroatoms. The molecule has 35 heavy (non-hydrogen) atoms. The molecule has 3 amide bonds. The Bertz CT molecular complexity index is 1240. The van der Waals surface area contributed by atoms with Gasteiger partial charge in [-0.25, -0.2) is 4.98 Å². The van der Waals surface area contributed by atoms with E-state index >= 15 is 0 Å². The molecule has 7 nitrogen and oxygen atoms in total. The Hall–Kier alpha value is -3.52. The van der Waals surface area contributed by atoms with E-state index in [-0.39, 0.29) is 23.6 Å². The summed E-state index contributed by atoms with van der Waals surface area (Å²) in [6.45, 7) is 3.66. The molecule has 0 unspecified atom stereocenters. The van der Waals surface area contributed by atoms with Crippen molar-refractivity contribution in [1.82, 2.24) is 14.8 Å². The van der Waals surface area contributed by atoms with Crippen LogP contribution < -0.4 is 4.90 Å². The number of imide groups is 1. The highest BCUT2D eigenvalue weighted by Crippen LogP contribution is 2.38. The maximum Gasteiger partial charge on any atom is 0.264 e. The van der Waals surface area contributed by atoms with Crippen molar-refractivity contribution in [1.29, 1.82) is 0 Å². The molecule has 0 radical (unpaired) electrons. The molecule has 0 saturated carbocycles. The molecule has 3 aromatic rings. The van der Waals surface area contributed by atoms with E-state index in [1.165, 1.54) is 16.2 Å². The Kier molecular flexibility index (Phi) is 6.38. The van der Waals surface area contributed by atoms with Crippen LogP contribution in [0.4, 0.5) is 5.69 Å². The van der Waals surface area contributed by atoms with Gasteiger partial charge in [0.2, 0.25) is 5.91 Å². The average Bonchev–Trinajstić information content (AvgIpc) is 3.51. The van der Waals surface area contributed by atoms with Crippen LogP contribution in [0.5, 0.6) is 0 Å². The van der Waals surface area contributed by atoms with E-state index in [1.54, 1.807) is 17.2 Å². The van der Waals surface area contributed by atoms with Crippen molar-refractivity contribution in [3.8, 4) is 0 Å². The van der Waals surface area contributed by atoms with Gasteiger partial charge in [-0.3, -0.25) is 19.3 Å². The van der Waals surface area contributed by atoms with E-state index < -0.39 is 6.04 Å². The van der Waals surface area contributed by atoms with Gasteiger partial charge in [-0.15, -0.1) is 11.3 Å². The number of anilines is 1. The van der Waals surface area contributed by atoms with Gasteiger partial charge in [0.05, 0.1) is 28.8 Å². The van der Waals surface area contributed by atoms with Crippen molar-refractivity contribution in [2.24, 2.45) is 5.92 Å². The van der Waals surface area contributed by atoms with Gasteiger partial charge < -0.3 is 9.80 Å². The second-order valence-corrected chi connectivity index (χ2v) is 10.1. The summed E-state index contributed by atoms with van der Waals surface area (Å²) in [5.74, 6) is -0.641. The van der Waals surface area contributed by atoms with Gasteiger partial charge in [0.15, 0.2) is 0 Å². The molecular formula is C27H28N4O3S. The maximum absolute atomic E-state index is 13.5. The number of hydrogen-bond acceptors (Lipinski definition) is 6. The minimum atomic E-state index is -0.433. The molecule has 2 aliphatic rings. The first-order valence-electron chi connectivity index (χ1n) is 11.9. The summed E-state index contributed by atoms with van der Waals surface area (Å²) < 4.78 is 0. The van der Waals surface area contributed by atoms with E-state index in [4.69, 9.17) is 0 Å². The summed E-state index contributed by atoms with van der Waals surface area (Å²) in [6, 6.07) is 15.0. The summed E-state index contributed by atoms with van der Waals surface area (Å²) in [6.07, 6.45) is 3.34. The number of fused-ring (bicyclic) bond motifs is 1. The first-order chi connectivity index (χ1) is 17.0. The van der Waals surface area contributed by atoms with Gasteiger partial charge >= 0.3 is 0 Å². The van der Waals surface area contributed by atoms with E-state index in [2.05, 4.69) is 9.88 Å². The van der Waals surface area contributed by atoms with Crippen molar-refractivity contribution in [2.75, 3.05) is 25.0 Å². The van der Waals surface area contributed by atoms with Gasteiger partial charge in [-0.2, -0.15) is 0 Å². The molecule has 3 heterocycles. The molecule has 2 atom stereocenters. The van der Waals surface area contributed by atoms with Crippen LogP contribution in [0.3, 0.4) is 0 Å². The Morgan fingerprint density at radius 1 is 1.14 bits per heavy atom. The number of amides is 3. The Balaban J connectivity index is 1.36. The first-order valence-corrected chi connectivity index (χ1v) is 12.8. The molecule has 5 rings (SSSR count). The Morgan fingerprint density at radius 3 is 2.69 bits per heavy atom. The van der Waals surface area contributed by atoms with E-state index in [9.17, 15) is 14.4 Å². The number of thiazole rings is 1. The molecule has 1 saturated heterocycles. The summed E-state index contributed by atoms with van der Waals surface area (Å²) >= 11 is 1.43. The normalized spacial score (nSPS) is 18.5. The molecule has 0 bridgehead atoms. The molecule has 2 aliphatic heterocycles. The average molecular weight is 489 g/mol. The third kappa shape index (κ3) is 4.34. The van der Waals surface area contributed by atoms with E-state index in [1.807, 2.05) is 61.8 Å². The molecule has 180 valence electrons. The van der Waals surface area contributed by atoms with Crippen LogP contribution in [0, 0.1) is 5.92 Å². The van der Waals surface area contributed by atoms with Gasteiger partial charge in [0.25, 0.3) is 11.8 Å². The molecule has 1 fully saturated rings. The highest BCUT2D eigenvalue weighted by atomic mass is 32.1. The zero-order valence-electron chi connectivity index (χ0n) is 19.9. The molecule has 0 aliphatic carbocycles. The number of nitrogens with zero attached hydrogens (tertiary/aromatic N) is 4. The number of hydrogen-bond donors (Lipinski definition) is 0. The molecule has 2 aromatic carbocycles. The SMILES string of the molecule is C[C@@H](c1nccs1)N1C(=O)c2cccc(N3CCC[C@H](C(=O)N(C)Cc4ccccc4)C3)c2C1=O. The van der Waals surface area contributed by atoms with Crippen LogP contribution in [-0.2, 0) is 11.3 Å². The summed E-state index contributed by atoms with van der Waals surface area (Å²) in [7, 11) is 1.84. The predicted octanol–water partition coefficient (Wildman–Crippen LogP) is 4.38. The third-order valence-electron chi connectivity index (χ3n) is 6.87. The fourth-order valence-corrected chi connectivity index (χ4v) is 5.78. The summed E-state index contributed by atoms with van der Waals surface area (Å²) in [5.41, 5.74) is 2.69. The number of rotatable bonds is 6. The summed E-state index contributed by atoms with van der Waals surface area (Å²) in [5, 5.41) is 2.57. The fourth-order valence-electron chi connectivity index (χ4n) is 5.10. The van der Waals surface area contributed by atoms with Crippen LogP contribution in [-0.4, -0.2) is 52.6 Å². The summed E-state index contributed by atoms with van der Waals surface area (Å²) in [4.78, 5) is 49.5. The van der Waals surface area contributed by atoms with Crippen LogP contribution >= 0.6 is 11.3 Å². The van der Waals surface area contributed by atoms with E-state index in [0.29, 0.717) is 24.2 Å². The number of benzene rings is 2. The van der Waals surface area contributed by atoms with Crippen molar-refractivity contribution in [3.05, 3.63) is 81.8 Å². The van der Waals surface area contributed by atoms with Gasteiger partial charge in [-0.1, -0.05) is 36.4 Å². The number of carbonyl (C=O) groups excluding carboxylic acids is 3. The quantitative estimate of drug-likeness (QED) is 0.482. The smallest absolute Gasteiger partial charge is 0.264 e. The second kappa shape index (κ2) is 9.62. The maximum atomic E-state index is 13.5. The molecule has 0 spiro atoms. The van der Waals surface area contributed by atoms with E-state index in [0.717, 1.165) is 35.6 Å². The largest absolute Gasteiger partial charge is 0.370 e. The zero-order valence-corrected chi connectivity index (χ0v) is 20.7. The standard InChI is InChI=1S/C27H28N4O3S/c1-18(24-28-13-15-35-24)31-26(33)21-11-6-12-22(23(21)27(31)34)30-14-7-10-20(17-30)25(32)29(2)16-19-8-4-3-5-9-19/h3-6,8-9,11-13,15,18,20H,7,10,14,16-17H2,1-2H3/t18-,20-/m0/s1. The minimum absolute atomic E-state index is 0.104. The van der Waals surface area contributed by atoms with Gasteiger partial charge in [-0.05, 0) is 37.5 Å². The number of piperidine rings is 1. The second-order valence-electron chi connectivity index (χ2n) is 9.19. The third-order valence-corrected chi connectivity index (χ3v) is 7.82. The molecule has 1 aromatic heterocycles. The zero-order chi connectivity index (χ0) is 24.5. The topological polar surface area (TPSA) is 73.8 Å². The van der Waals surface area contributed by atoms with Crippen molar-refractivity contribution >= 4 is 34.7 Å². The lowest BCUT2D eigenvalue weighted by Crippen LogP contribution is -2.44. The Labute approximate surface area is 209 Å². The number of aromatic nitrogens is 1. The lowest BCUT2D eigenvalue weighted by Gasteiger charge is -2.36. The highest BCUT2D eigenvalue weighted by molar-refractivity contribution is 7.09. The molecular weight excluding hydrogens is 460 g/mol. The van der Waals surface area contributed by atoms with Gasteiger partial charge in [0.1, 0.15) is 5.01 Å². The van der Waals surface area contributed by atoms with Crippen molar-refractivity contribution in [2.45, 2.75) is 32.4 Å². The number of carbonyl (C=O) groups is 3. The van der Waals surface area contributed by atoms with Crippen molar-refractivity contribution < 1.29 is 14.4 Å². The minimum Gasteiger partial charge on any atom is -0.370 e. The predicted molar refractivity (Wildman–Crippen MR) is 135 cm³/mol. The lowest BCUT2D eigenvalue weighted by atomic mass is 9.94. The van der Waals surface area contributed by atoms with Gasteiger partial charge in [0, 0.05) is 38.3 Å². The molecule has 0 N–H and O–H groups in total. The lowest BCUT2D eigenvalue weighted by molar-refractivity contribution is -0.135. The van der Waals surface area contributed by atoms with Crippen molar-refractivity contribution in [3.63, 3.8) is 0 Å². The van der Waals surface area contributed by atoms with Crippen LogP contribution in [0.15, 0.2) is 60.1 Å². The fraction of sp³-hybridized carbons (Fsp3) is 0.333. The van der Waals surface area contributed by atoms with Crippen LogP contribution in [0.25, 0.3) is 0 Å². The van der Waals surface area contributed by atoms with Crippen LogP contribution in [0.2, 0.25) is 0 Å². The van der Waals surface area contributed by atoms with Crippen LogP contribution in [0.1, 0.15) is 57.1 Å². The monoisotopic (exact) mass is 488 g/mol. The highest BCUT2D eigenvalue weighted by Gasteiger charge is 2.42. The Morgan fingerprint density at radius 2 is 1.94 bits per heavy atom. The first kappa shape index (κ1) is 23.2.